The number of fused-ring (bicyclic) bond motifs is 1. The molecule has 1 saturated heterocycles. The van der Waals surface area contributed by atoms with Crippen LogP contribution in [-0.2, 0) is 23.2 Å². The van der Waals surface area contributed by atoms with Crippen molar-refractivity contribution in [2.24, 2.45) is 13.0 Å². The van der Waals surface area contributed by atoms with Crippen LogP contribution in [0.4, 0.5) is 11.6 Å². The number of anilines is 2. The van der Waals surface area contributed by atoms with Crippen molar-refractivity contribution in [2.45, 2.75) is 13.5 Å². The summed E-state index contributed by atoms with van der Waals surface area (Å²) in [5.74, 6) is -0.649. The molecule has 0 spiro atoms. The van der Waals surface area contributed by atoms with Gasteiger partial charge < -0.3 is 20.1 Å². The Morgan fingerprint density at radius 1 is 1.31 bits per heavy atom. The van der Waals surface area contributed by atoms with E-state index >= 15 is 0 Å². The zero-order chi connectivity index (χ0) is 25.6. The van der Waals surface area contributed by atoms with E-state index in [1.165, 1.54) is 22.1 Å². The summed E-state index contributed by atoms with van der Waals surface area (Å²) in [6.45, 7) is 3.02. The van der Waals surface area contributed by atoms with E-state index in [2.05, 4.69) is 20.4 Å². The number of carbonyl (C=O) groups is 2. The molecule has 36 heavy (non-hydrogen) atoms. The van der Waals surface area contributed by atoms with E-state index in [-0.39, 0.29) is 22.8 Å². The standard InChI is InChI=1S/C23H23N7O5S/c1-12-6-17(29-8-13(9-29)21(32)25-16-7-14(11-35-3)28(2)27-16)26-20-18(12)19(31)15(22(33)34)10-30(20)23-24-4-5-36-23/h4-7,10,13H,8-9,11H2,1-3H3,(H,33,34)(H,25,27,32). The molecular weight excluding hydrogens is 486 g/mol. The maximum absolute atomic E-state index is 12.9. The number of rotatable bonds is 7. The van der Waals surface area contributed by atoms with Gasteiger partial charge in [0.2, 0.25) is 11.3 Å². The highest BCUT2D eigenvalue weighted by Gasteiger charge is 2.34. The number of nitrogens with zero attached hydrogens (tertiary/aromatic N) is 6. The van der Waals surface area contributed by atoms with Crippen LogP contribution in [0.3, 0.4) is 0 Å². The van der Waals surface area contributed by atoms with Crippen LogP contribution in [0.1, 0.15) is 21.6 Å². The number of aryl methyl sites for hydroxylation is 2. The number of carbonyl (C=O) groups excluding carboxylic acids is 1. The Balaban J connectivity index is 1.41. The van der Waals surface area contributed by atoms with Crippen molar-refractivity contribution in [3.63, 3.8) is 0 Å². The van der Waals surface area contributed by atoms with E-state index in [1.54, 1.807) is 49.5 Å². The number of aromatic carboxylic acids is 1. The highest BCUT2D eigenvalue weighted by atomic mass is 32.1. The zero-order valence-electron chi connectivity index (χ0n) is 19.8. The Morgan fingerprint density at radius 2 is 2.08 bits per heavy atom. The van der Waals surface area contributed by atoms with Gasteiger partial charge >= 0.3 is 5.97 Å². The second kappa shape index (κ2) is 9.17. The van der Waals surface area contributed by atoms with Crippen molar-refractivity contribution in [3.8, 4) is 5.13 Å². The number of aromatic nitrogens is 5. The van der Waals surface area contributed by atoms with Crippen LogP contribution >= 0.6 is 11.3 Å². The second-order valence-corrected chi connectivity index (χ2v) is 9.40. The minimum atomic E-state index is -1.31. The van der Waals surface area contributed by atoms with Crippen molar-refractivity contribution in [1.82, 2.24) is 24.3 Å². The number of methoxy groups -OCH3 is 1. The average Bonchev–Trinajstić information content (AvgIpc) is 3.43. The maximum atomic E-state index is 12.9. The molecule has 0 bridgehead atoms. The Hall–Kier alpha value is -4.10. The predicted molar refractivity (Wildman–Crippen MR) is 133 cm³/mol. The summed E-state index contributed by atoms with van der Waals surface area (Å²) in [6, 6.07) is 3.51. The summed E-state index contributed by atoms with van der Waals surface area (Å²) in [4.78, 5) is 48.3. The van der Waals surface area contributed by atoms with Gasteiger partial charge in [-0.25, -0.2) is 14.8 Å². The Kier molecular flexibility index (Phi) is 6.02. The lowest BCUT2D eigenvalue weighted by molar-refractivity contribution is -0.120. The lowest BCUT2D eigenvalue weighted by Gasteiger charge is -2.39. The number of carboxylic acid groups (broad SMARTS) is 1. The first-order valence-electron chi connectivity index (χ1n) is 11.0. The first-order valence-corrected chi connectivity index (χ1v) is 11.9. The number of hydrogen-bond acceptors (Lipinski definition) is 9. The third-order valence-corrected chi connectivity index (χ3v) is 6.87. The molecule has 0 aromatic carbocycles. The van der Waals surface area contributed by atoms with Gasteiger partial charge in [-0.1, -0.05) is 0 Å². The van der Waals surface area contributed by atoms with Gasteiger partial charge in [0.05, 0.1) is 23.6 Å². The van der Waals surface area contributed by atoms with Crippen LogP contribution in [0.5, 0.6) is 0 Å². The molecule has 13 heteroatoms. The lowest BCUT2D eigenvalue weighted by Crippen LogP contribution is -2.52. The second-order valence-electron chi connectivity index (χ2n) is 8.53. The van der Waals surface area contributed by atoms with E-state index in [1.807, 2.05) is 4.90 Å². The summed E-state index contributed by atoms with van der Waals surface area (Å²) < 4.78 is 8.32. The molecule has 1 aliphatic heterocycles. The fourth-order valence-corrected chi connectivity index (χ4v) is 4.80. The molecule has 12 nitrogen and oxygen atoms in total. The van der Waals surface area contributed by atoms with Gasteiger partial charge in [-0.05, 0) is 18.6 Å². The molecule has 5 heterocycles. The summed E-state index contributed by atoms with van der Waals surface area (Å²) >= 11 is 1.30. The molecule has 4 aromatic heterocycles. The number of hydrogen-bond donors (Lipinski definition) is 2. The van der Waals surface area contributed by atoms with E-state index in [0.717, 1.165) is 5.69 Å². The quantitative estimate of drug-likeness (QED) is 0.381. The van der Waals surface area contributed by atoms with Crippen molar-refractivity contribution in [2.75, 3.05) is 30.4 Å². The van der Waals surface area contributed by atoms with E-state index in [4.69, 9.17) is 4.74 Å². The summed E-state index contributed by atoms with van der Waals surface area (Å²) in [7, 11) is 3.38. The van der Waals surface area contributed by atoms with Gasteiger partial charge in [0.1, 0.15) is 11.4 Å². The molecule has 0 aliphatic carbocycles. The van der Waals surface area contributed by atoms with Crippen LogP contribution in [0.25, 0.3) is 16.2 Å². The Morgan fingerprint density at radius 3 is 2.75 bits per heavy atom. The topological polar surface area (TPSA) is 144 Å². The monoisotopic (exact) mass is 509 g/mol. The molecule has 186 valence electrons. The highest BCUT2D eigenvalue weighted by molar-refractivity contribution is 7.12. The van der Waals surface area contributed by atoms with Crippen molar-refractivity contribution < 1.29 is 19.4 Å². The van der Waals surface area contributed by atoms with Gasteiger partial charge in [0.25, 0.3) is 0 Å². The molecule has 0 radical (unpaired) electrons. The van der Waals surface area contributed by atoms with E-state index < -0.39 is 11.4 Å². The van der Waals surface area contributed by atoms with Gasteiger partial charge in [-0.15, -0.1) is 11.3 Å². The van der Waals surface area contributed by atoms with Crippen molar-refractivity contribution in [1.29, 1.82) is 0 Å². The first kappa shape index (κ1) is 23.6. The van der Waals surface area contributed by atoms with Gasteiger partial charge in [-0.2, -0.15) is 5.10 Å². The van der Waals surface area contributed by atoms with E-state index in [9.17, 15) is 19.5 Å². The Bertz CT molecular complexity index is 1540. The number of nitrogens with one attached hydrogen (secondary N) is 1. The number of pyridine rings is 2. The summed E-state index contributed by atoms with van der Waals surface area (Å²) in [5.41, 5.74) is 0.823. The van der Waals surface area contributed by atoms with E-state index in [0.29, 0.717) is 47.7 Å². The molecule has 2 N–H and O–H groups in total. The fourth-order valence-electron chi connectivity index (χ4n) is 4.18. The van der Waals surface area contributed by atoms with Crippen LogP contribution in [0.2, 0.25) is 0 Å². The molecule has 0 unspecified atom stereocenters. The molecule has 0 atom stereocenters. The van der Waals surface area contributed by atoms with Gasteiger partial charge in [-0.3, -0.25) is 18.8 Å². The minimum Gasteiger partial charge on any atom is -0.477 e. The summed E-state index contributed by atoms with van der Waals surface area (Å²) in [6.07, 6.45) is 2.86. The highest BCUT2D eigenvalue weighted by Crippen LogP contribution is 2.29. The summed E-state index contributed by atoms with van der Waals surface area (Å²) in [5, 5.41) is 19.2. The van der Waals surface area contributed by atoms with Crippen LogP contribution in [0.15, 0.2) is 34.7 Å². The van der Waals surface area contributed by atoms with Crippen molar-refractivity contribution in [3.05, 3.63) is 57.0 Å². The van der Waals surface area contributed by atoms with Crippen LogP contribution < -0.4 is 15.6 Å². The third kappa shape index (κ3) is 4.12. The molecule has 0 saturated carbocycles. The molecule has 1 fully saturated rings. The number of carboxylic acids is 1. The third-order valence-electron chi connectivity index (χ3n) is 6.09. The molecule has 4 aromatic rings. The molecular formula is C23H23N7O5S. The molecule has 1 amide bonds. The molecule has 5 rings (SSSR count). The largest absolute Gasteiger partial charge is 0.477 e. The fraction of sp³-hybridized carbons (Fsp3) is 0.304. The van der Waals surface area contributed by atoms with Crippen LogP contribution in [-0.4, -0.2) is 61.5 Å². The maximum Gasteiger partial charge on any atom is 0.341 e. The average molecular weight is 510 g/mol. The number of ether oxygens (including phenoxy) is 1. The van der Waals surface area contributed by atoms with Crippen molar-refractivity contribution >= 4 is 45.9 Å². The number of thiazole rings is 1. The first-order chi connectivity index (χ1) is 17.3. The lowest BCUT2D eigenvalue weighted by atomic mass is 9.98. The van der Waals surface area contributed by atoms with Crippen LogP contribution in [0, 0.1) is 12.8 Å². The zero-order valence-corrected chi connectivity index (χ0v) is 20.6. The smallest absolute Gasteiger partial charge is 0.341 e. The molecule has 1 aliphatic rings. The number of amides is 1. The minimum absolute atomic E-state index is 0.142. The van der Waals surface area contributed by atoms with Gasteiger partial charge in [0, 0.05) is 51.1 Å². The predicted octanol–water partition coefficient (Wildman–Crippen LogP) is 1.80. The normalized spacial score (nSPS) is 13.7. The van der Waals surface area contributed by atoms with Gasteiger partial charge in [0.15, 0.2) is 16.6 Å². The SMILES string of the molecule is COCc1cc(NC(=O)C2CN(c3cc(C)c4c(=O)c(C(=O)O)cn(-c5nccs5)c4n3)C2)nn1C. The Labute approximate surface area is 208 Å².